The van der Waals surface area contributed by atoms with Crippen LogP contribution in [0.2, 0.25) is 5.02 Å². The summed E-state index contributed by atoms with van der Waals surface area (Å²) in [4.78, 5) is 3.63. The summed E-state index contributed by atoms with van der Waals surface area (Å²) in [5.74, 6) is 0.347. The molecule has 16 heavy (non-hydrogen) atoms. The Morgan fingerprint density at radius 1 is 1.50 bits per heavy atom. The third-order valence-electron chi connectivity index (χ3n) is 1.50. The third-order valence-corrected chi connectivity index (χ3v) is 3.28. The maximum atomic E-state index is 12.3. The van der Waals surface area contributed by atoms with E-state index in [-0.39, 0.29) is 5.02 Å². The Hall–Kier alpha value is -0.390. The molecule has 0 bridgehead atoms. The predicted octanol–water partition coefficient (Wildman–Crippen LogP) is 4.60. The highest BCUT2D eigenvalue weighted by Crippen LogP contribution is 2.34. The van der Waals surface area contributed by atoms with E-state index in [1.165, 1.54) is 0 Å². The fourth-order valence-electron chi connectivity index (χ4n) is 0.833. The van der Waals surface area contributed by atoms with Crippen molar-refractivity contribution in [1.29, 1.82) is 0 Å². The van der Waals surface area contributed by atoms with Crippen LogP contribution in [0, 0.1) is 0 Å². The average Bonchev–Trinajstić information content (AvgIpc) is 2.14. The summed E-state index contributed by atoms with van der Waals surface area (Å²) in [5.41, 5.74) is -0.869. The second-order valence-corrected chi connectivity index (χ2v) is 4.72. The van der Waals surface area contributed by atoms with Gasteiger partial charge in [0, 0.05) is 17.0 Å². The summed E-state index contributed by atoms with van der Waals surface area (Å²) in [6.45, 7) is 3.45. The van der Waals surface area contributed by atoms with Crippen LogP contribution >= 0.6 is 35.0 Å². The van der Waals surface area contributed by atoms with E-state index in [0.717, 1.165) is 24.0 Å². The van der Waals surface area contributed by atoms with Gasteiger partial charge < -0.3 is 0 Å². The van der Waals surface area contributed by atoms with Crippen molar-refractivity contribution in [2.24, 2.45) is 0 Å². The van der Waals surface area contributed by atoms with Crippen molar-refractivity contribution in [3.05, 3.63) is 34.5 Å². The lowest BCUT2D eigenvalue weighted by atomic mass is 10.3. The zero-order chi connectivity index (χ0) is 12.3. The standard InChI is InChI=1S/C9H6Cl2F3NS/c1-5(10)4-16-8-7(11)2-6(3-15-8)9(12,13)14/h2-3H,1,4H2. The molecular weight excluding hydrogens is 282 g/mol. The van der Waals surface area contributed by atoms with Crippen LogP contribution in [0.4, 0.5) is 13.2 Å². The highest BCUT2D eigenvalue weighted by Gasteiger charge is 2.31. The molecule has 0 aromatic carbocycles. The monoisotopic (exact) mass is 287 g/mol. The molecule has 0 fully saturated rings. The minimum absolute atomic E-state index is 0.0438. The molecule has 1 heterocycles. The van der Waals surface area contributed by atoms with Gasteiger partial charge in [0.25, 0.3) is 0 Å². The fraction of sp³-hybridized carbons (Fsp3) is 0.222. The van der Waals surface area contributed by atoms with Crippen molar-refractivity contribution in [3.8, 4) is 0 Å². The Morgan fingerprint density at radius 3 is 2.56 bits per heavy atom. The summed E-state index contributed by atoms with van der Waals surface area (Å²) >= 11 is 12.3. The molecule has 0 N–H and O–H groups in total. The minimum atomic E-state index is -4.43. The quantitative estimate of drug-likeness (QED) is 0.754. The molecule has 0 amide bonds. The lowest BCUT2D eigenvalue weighted by Crippen LogP contribution is -2.05. The number of halogens is 5. The maximum absolute atomic E-state index is 12.3. The van der Waals surface area contributed by atoms with Crippen LogP contribution in [0.5, 0.6) is 0 Å². The predicted molar refractivity (Wildman–Crippen MR) is 60.0 cm³/mol. The first kappa shape index (κ1) is 13.7. The van der Waals surface area contributed by atoms with Crippen molar-refractivity contribution in [2.75, 3.05) is 5.75 Å². The Labute approximate surface area is 105 Å². The largest absolute Gasteiger partial charge is 0.417 e. The van der Waals surface area contributed by atoms with E-state index in [9.17, 15) is 13.2 Å². The Bertz CT molecular complexity index is 406. The van der Waals surface area contributed by atoms with Gasteiger partial charge in [-0.05, 0) is 6.07 Å². The summed E-state index contributed by atoms with van der Waals surface area (Å²) < 4.78 is 36.8. The van der Waals surface area contributed by atoms with Gasteiger partial charge in [-0.2, -0.15) is 13.2 Å². The molecule has 0 spiro atoms. The van der Waals surface area contributed by atoms with Gasteiger partial charge in [0.1, 0.15) is 5.03 Å². The molecule has 0 aliphatic rings. The Balaban J connectivity index is 2.88. The summed E-state index contributed by atoms with van der Waals surface area (Å²) in [6.07, 6.45) is -3.69. The van der Waals surface area contributed by atoms with Crippen molar-refractivity contribution in [2.45, 2.75) is 11.2 Å². The summed E-state index contributed by atoms with van der Waals surface area (Å²) in [6, 6.07) is 0.841. The van der Waals surface area contributed by atoms with Crippen molar-refractivity contribution in [1.82, 2.24) is 4.98 Å². The Morgan fingerprint density at radius 2 is 2.12 bits per heavy atom. The second-order valence-electron chi connectivity index (χ2n) is 2.81. The van der Waals surface area contributed by atoms with Gasteiger partial charge in [-0.3, -0.25) is 0 Å². The first-order chi connectivity index (χ1) is 7.30. The van der Waals surface area contributed by atoms with E-state index in [2.05, 4.69) is 11.6 Å². The fourth-order valence-corrected chi connectivity index (χ4v) is 1.94. The number of hydrogen-bond donors (Lipinski definition) is 0. The van der Waals surface area contributed by atoms with Gasteiger partial charge in [0.05, 0.1) is 10.6 Å². The highest BCUT2D eigenvalue weighted by molar-refractivity contribution is 7.99. The molecular formula is C9H6Cl2F3NS. The highest BCUT2D eigenvalue weighted by atomic mass is 35.5. The number of aromatic nitrogens is 1. The molecule has 0 saturated carbocycles. The number of rotatable bonds is 3. The van der Waals surface area contributed by atoms with Crippen LogP contribution in [0.1, 0.15) is 5.56 Å². The van der Waals surface area contributed by atoms with Crippen LogP contribution < -0.4 is 0 Å². The molecule has 1 rings (SSSR count). The van der Waals surface area contributed by atoms with Crippen LogP contribution in [0.3, 0.4) is 0 Å². The van der Waals surface area contributed by atoms with E-state index in [0.29, 0.717) is 15.8 Å². The van der Waals surface area contributed by atoms with E-state index in [4.69, 9.17) is 23.2 Å². The second kappa shape index (κ2) is 5.29. The molecule has 0 saturated heterocycles. The first-order valence-electron chi connectivity index (χ1n) is 3.99. The molecule has 1 aromatic rings. The zero-order valence-electron chi connectivity index (χ0n) is 7.81. The normalized spacial score (nSPS) is 11.6. The number of thioether (sulfide) groups is 1. The van der Waals surface area contributed by atoms with Gasteiger partial charge in [-0.15, -0.1) is 0 Å². The van der Waals surface area contributed by atoms with E-state index < -0.39 is 11.7 Å². The lowest BCUT2D eigenvalue weighted by molar-refractivity contribution is -0.137. The van der Waals surface area contributed by atoms with Gasteiger partial charge in [-0.25, -0.2) is 4.98 Å². The smallest absolute Gasteiger partial charge is 0.248 e. The van der Waals surface area contributed by atoms with Crippen molar-refractivity contribution >= 4 is 35.0 Å². The topological polar surface area (TPSA) is 12.9 Å². The zero-order valence-corrected chi connectivity index (χ0v) is 10.1. The van der Waals surface area contributed by atoms with Gasteiger partial charge in [0.15, 0.2) is 0 Å². The number of nitrogens with zero attached hydrogens (tertiary/aromatic N) is 1. The molecule has 0 atom stereocenters. The first-order valence-corrected chi connectivity index (χ1v) is 5.73. The molecule has 0 aliphatic heterocycles. The minimum Gasteiger partial charge on any atom is -0.248 e. The van der Waals surface area contributed by atoms with Crippen molar-refractivity contribution in [3.63, 3.8) is 0 Å². The molecule has 0 unspecified atom stereocenters. The van der Waals surface area contributed by atoms with Gasteiger partial charge in [-0.1, -0.05) is 41.5 Å². The number of pyridine rings is 1. The van der Waals surface area contributed by atoms with E-state index in [1.54, 1.807) is 0 Å². The number of hydrogen-bond acceptors (Lipinski definition) is 2. The van der Waals surface area contributed by atoms with Gasteiger partial charge >= 0.3 is 6.18 Å². The molecule has 1 aromatic heterocycles. The maximum Gasteiger partial charge on any atom is 0.417 e. The van der Waals surface area contributed by atoms with E-state index in [1.807, 2.05) is 0 Å². The summed E-state index contributed by atoms with van der Waals surface area (Å²) in [5, 5.41) is 0.636. The molecule has 0 radical (unpaired) electrons. The lowest BCUT2D eigenvalue weighted by Gasteiger charge is -2.08. The molecule has 7 heteroatoms. The van der Waals surface area contributed by atoms with E-state index >= 15 is 0 Å². The van der Waals surface area contributed by atoms with Crippen LogP contribution in [0.25, 0.3) is 0 Å². The third kappa shape index (κ3) is 3.88. The average molecular weight is 288 g/mol. The molecule has 0 aliphatic carbocycles. The SMILES string of the molecule is C=C(Cl)CSc1ncc(C(F)(F)F)cc1Cl. The molecule has 88 valence electrons. The molecule has 1 nitrogen and oxygen atoms in total. The van der Waals surface area contributed by atoms with Crippen molar-refractivity contribution < 1.29 is 13.2 Å². The number of alkyl halides is 3. The van der Waals surface area contributed by atoms with Crippen LogP contribution in [-0.2, 0) is 6.18 Å². The van der Waals surface area contributed by atoms with Crippen LogP contribution in [0.15, 0.2) is 28.9 Å². The van der Waals surface area contributed by atoms with Gasteiger partial charge in [0.2, 0.25) is 0 Å². The van der Waals surface area contributed by atoms with Crippen LogP contribution in [-0.4, -0.2) is 10.7 Å². The Kier molecular flexibility index (Phi) is 4.52. The summed E-state index contributed by atoms with van der Waals surface area (Å²) in [7, 11) is 0.